The smallest absolute Gasteiger partial charge is 0.422 e. The van der Waals surface area contributed by atoms with Crippen molar-refractivity contribution >= 4 is 5.91 Å². The molecule has 1 aromatic heterocycles. The molecule has 0 aliphatic rings. The van der Waals surface area contributed by atoms with Gasteiger partial charge in [0.1, 0.15) is 0 Å². The number of ether oxygens (including phenoxy) is 1. The van der Waals surface area contributed by atoms with Crippen molar-refractivity contribution in [3.63, 3.8) is 0 Å². The minimum atomic E-state index is -4.43. The molecule has 1 aromatic rings. The zero-order valence-corrected chi connectivity index (χ0v) is 10.9. The summed E-state index contributed by atoms with van der Waals surface area (Å²) >= 11 is 0. The van der Waals surface area contributed by atoms with Crippen molar-refractivity contribution < 1.29 is 27.8 Å². The van der Waals surface area contributed by atoms with E-state index in [-0.39, 0.29) is 30.5 Å². The monoisotopic (exact) mass is 292 g/mol. The Morgan fingerprint density at radius 3 is 2.60 bits per heavy atom. The van der Waals surface area contributed by atoms with Crippen LogP contribution < -0.4 is 4.74 Å². The molecule has 112 valence electrons. The first kappa shape index (κ1) is 16.2. The molecular formula is C12H15F3N2O3. The Balaban J connectivity index is 2.68. The van der Waals surface area contributed by atoms with Gasteiger partial charge in [0.2, 0.25) is 5.88 Å². The van der Waals surface area contributed by atoms with Gasteiger partial charge in [0, 0.05) is 25.4 Å². The molecule has 0 aliphatic heterocycles. The zero-order chi connectivity index (χ0) is 15.2. The fraction of sp³-hybridized carbons (Fsp3) is 0.500. The number of aromatic nitrogens is 1. The maximum Gasteiger partial charge on any atom is 0.422 e. The lowest BCUT2D eigenvalue weighted by Gasteiger charge is -2.19. The molecule has 0 aliphatic carbocycles. The largest absolute Gasteiger partial charge is 0.468 e. The lowest BCUT2D eigenvalue weighted by atomic mass is 10.2. The van der Waals surface area contributed by atoms with Gasteiger partial charge in [0.15, 0.2) is 6.61 Å². The number of likely N-dealkylation sites (N-methyl/N-ethyl adjacent to an activating group) is 1. The van der Waals surface area contributed by atoms with Crippen LogP contribution in [0.4, 0.5) is 13.2 Å². The highest BCUT2D eigenvalue weighted by Gasteiger charge is 2.28. The van der Waals surface area contributed by atoms with E-state index in [4.69, 9.17) is 5.11 Å². The third kappa shape index (κ3) is 5.04. The van der Waals surface area contributed by atoms with Crippen LogP contribution in [0.5, 0.6) is 5.88 Å². The van der Waals surface area contributed by atoms with E-state index in [2.05, 4.69) is 9.72 Å². The van der Waals surface area contributed by atoms with Gasteiger partial charge in [0.25, 0.3) is 5.91 Å². The van der Waals surface area contributed by atoms with Gasteiger partial charge in [-0.2, -0.15) is 13.2 Å². The number of hydrogen-bond donors (Lipinski definition) is 1. The molecule has 20 heavy (non-hydrogen) atoms. The van der Waals surface area contributed by atoms with Crippen molar-refractivity contribution in [3.8, 4) is 5.88 Å². The molecule has 0 fully saturated rings. The maximum absolute atomic E-state index is 11.9. The first-order valence-electron chi connectivity index (χ1n) is 5.93. The van der Waals surface area contributed by atoms with Crippen molar-refractivity contribution in [3.05, 3.63) is 23.9 Å². The predicted octanol–water partition coefficient (Wildman–Crippen LogP) is 1.48. The van der Waals surface area contributed by atoms with Crippen molar-refractivity contribution in [2.45, 2.75) is 13.1 Å². The van der Waals surface area contributed by atoms with Gasteiger partial charge in [-0.25, -0.2) is 4.98 Å². The van der Waals surface area contributed by atoms with Crippen LogP contribution >= 0.6 is 0 Å². The highest BCUT2D eigenvalue weighted by molar-refractivity contribution is 5.93. The Labute approximate surface area is 114 Å². The van der Waals surface area contributed by atoms with Gasteiger partial charge >= 0.3 is 6.18 Å². The molecule has 0 radical (unpaired) electrons. The van der Waals surface area contributed by atoms with E-state index in [0.717, 1.165) is 6.20 Å². The zero-order valence-electron chi connectivity index (χ0n) is 10.9. The fourth-order valence-corrected chi connectivity index (χ4v) is 1.45. The summed E-state index contributed by atoms with van der Waals surface area (Å²) in [5, 5.41) is 8.82. The van der Waals surface area contributed by atoms with Crippen LogP contribution in [0.2, 0.25) is 0 Å². The second kappa shape index (κ2) is 7.09. The molecule has 0 saturated carbocycles. The van der Waals surface area contributed by atoms with Crippen LogP contribution in [-0.2, 0) is 0 Å². The average Bonchev–Trinajstić information content (AvgIpc) is 2.41. The number of carbonyl (C=O) groups excluding carboxylic acids is 1. The number of halogens is 3. The average molecular weight is 292 g/mol. The summed E-state index contributed by atoms with van der Waals surface area (Å²) < 4.78 is 40.3. The van der Waals surface area contributed by atoms with Gasteiger partial charge in [0.05, 0.1) is 12.2 Å². The van der Waals surface area contributed by atoms with Gasteiger partial charge in [-0.1, -0.05) is 0 Å². The minimum Gasteiger partial charge on any atom is -0.468 e. The maximum atomic E-state index is 11.9. The van der Waals surface area contributed by atoms with Crippen molar-refractivity contribution in [2.24, 2.45) is 0 Å². The molecule has 0 unspecified atom stereocenters. The van der Waals surface area contributed by atoms with Gasteiger partial charge in [-0.05, 0) is 13.0 Å². The molecule has 8 heteroatoms. The highest BCUT2D eigenvalue weighted by atomic mass is 19.4. The first-order valence-corrected chi connectivity index (χ1v) is 5.93. The molecule has 1 rings (SSSR count). The number of alkyl halides is 3. The highest BCUT2D eigenvalue weighted by Crippen LogP contribution is 2.17. The topological polar surface area (TPSA) is 62.7 Å². The predicted molar refractivity (Wildman–Crippen MR) is 64.5 cm³/mol. The van der Waals surface area contributed by atoms with Crippen LogP contribution in [0.15, 0.2) is 18.3 Å². The Morgan fingerprint density at radius 1 is 1.45 bits per heavy atom. The quantitative estimate of drug-likeness (QED) is 0.862. The number of aliphatic hydroxyl groups is 1. The summed E-state index contributed by atoms with van der Waals surface area (Å²) in [4.78, 5) is 17.0. The molecule has 1 heterocycles. The number of carbonyl (C=O) groups is 1. The van der Waals surface area contributed by atoms with Gasteiger partial charge in [-0.15, -0.1) is 0 Å². The van der Waals surface area contributed by atoms with Gasteiger partial charge < -0.3 is 14.7 Å². The number of aliphatic hydroxyl groups excluding tert-OH is 1. The van der Waals surface area contributed by atoms with Crippen LogP contribution in [0.25, 0.3) is 0 Å². The minimum absolute atomic E-state index is 0.167. The van der Waals surface area contributed by atoms with Crippen molar-refractivity contribution in [1.29, 1.82) is 0 Å². The third-order valence-electron chi connectivity index (χ3n) is 2.41. The first-order chi connectivity index (χ1) is 9.37. The number of pyridine rings is 1. The molecule has 1 amide bonds. The molecule has 1 N–H and O–H groups in total. The number of hydrogen-bond acceptors (Lipinski definition) is 4. The van der Waals surface area contributed by atoms with E-state index in [0.29, 0.717) is 6.54 Å². The van der Waals surface area contributed by atoms with Gasteiger partial charge in [-0.3, -0.25) is 4.79 Å². The van der Waals surface area contributed by atoms with Crippen molar-refractivity contribution in [2.75, 3.05) is 26.3 Å². The standard InChI is InChI=1S/C12H15F3N2O3/c1-2-17(5-6-18)11(19)9-3-4-10(16-7-9)20-8-12(13,14)15/h3-4,7,18H,2,5-6,8H2,1H3. The summed E-state index contributed by atoms with van der Waals surface area (Å²) in [5.41, 5.74) is 0.222. The third-order valence-corrected chi connectivity index (χ3v) is 2.41. The second-order valence-corrected chi connectivity index (χ2v) is 3.90. The van der Waals surface area contributed by atoms with Crippen LogP contribution in [0, 0.1) is 0 Å². The number of nitrogens with zero attached hydrogens (tertiary/aromatic N) is 2. The van der Waals surface area contributed by atoms with E-state index in [1.165, 1.54) is 17.0 Å². The van der Waals surface area contributed by atoms with E-state index < -0.39 is 12.8 Å². The van der Waals surface area contributed by atoms with Crippen LogP contribution in [-0.4, -0.2) is 53.4 Å². The van der Waals surface area contributed by atoms with E-state index in [1.807, 2.05) is 0 Å². The summed E-state index contributed by atoms with van der Waals surface area (Å²) in [6.07, 6.45) is -3.29. The van der Waals surface area contributed by atoms with E-state index >= 15 is 0 Å². The number of amides is 1. The Kier molecular flexibility index (Phi) is 5.75. The van der Waals surface area contributed by atoms with E-state index in [9.17, 15) is 18.0 Å². The summed E-state index contributed by atoms with van der Waals surface area (Å²) in [6, 6.07) is 2.53. The molecule has 5 nitrogen and oxygen atoms in total. The van der Waals surface area contributed by atoms with Crippen LogP contribution in [0.3, 0.4) is 0 Å². The molecule has 0 bridgehead atoms. The normalized spacial score (nSPS) is 11.2. The Hall–Kier alpha value is -1.83. The summed E-state index contributed by atoms with van der Waals surface area (Å²) in [7, 11) is 0. The SMILES string of the molecule is CCN(CCO)C(=O)c1ccc(OCC(F)(F)F)nc1. The summed E-state index contributed by atoms with van der Waals surface area (Å²) in [5.74, 6) is -0.555. The Bertz CT molecular complexity index is 435. The molecule has 0 aromatic carbocycles. The van der Waals surface area contributed by atoms with Crippen LogP contribution in [0.1, 0.15) is 17.3 Å². The van der Waals surface area contributed by atoms with Crippen molar-refractivity contribution in [1.82, 2.24) is 9.88 Å². The molecule has 0 spiro atoms. The lowest BCUT2D eigenvalue weighted by Crippen LogP contribution is -2.33. The van der Waals surface area contributed by atoms with E-state index in [1.54, 1.807) is 6.92 Å². The lowest BCUT2D eigenvalue weighted by molar-refractivity contribution is -0.154. The fourth-order valence-electron chi connectivity index (χ4n) is 1.45. The Morgan fingerprint density at radius 2 is 2.15 bits per heavy atom. The second-order valence-electron chi connectivity index (χ2n) is 3.90. The summed E-state index contributed by atoms with van der Waals surface area (Å²) in [6.45, 7) is 0.744. The molecule has 0 saturated heterocycles. The molecular weight excluding hydrogens is 277 g/mol. The number of rotatable bonds is 6. The molecule has 0 atom stereocenters.